The molecule has 2 aromatic heterocycles. The van der Waals surface area contributed by atoms with Gasteiger partial charge in [-0.2, -0.15) is 0 Å². The fourth-order valence-corrected chi connectivity index (χ4v) is 2.36. The maximum Gasteiger partial charge on any atom is 0.232 e. The summed E-state index contributed by atoms with van der Waals surface area (Å²) >= 11 is 0. The van der Waals surface area contributed by atoms with E-state index < -0.39 is 0 Å². The van der Waals surface area contributed by atoms with Gasteiger partial charge in [0.25, 0.3) is 0 Å². The molecule has 1 unspecified atom stereocenters. The predicted octanol–water partition coefficient (Wildman–Crippen LogP) is 2.82. The van der Waals surface area contributed by atoms with Crippen molar-refractivity contribution in [2.75, 3.05) is 13.7 Å². The zero-order valence-electron chi connectivity index (χ0n) is 14.7. The van der Waals surface area contributed by atoms with Gasteiger partial charge < -0.3 is 19.3 Å². The van der Waals surface area contributed by atoms with Crippen molar-refractivity contribution in [3.8, 4) is 28.6 Å². The SMILES string of the molecule is COc1cc(-c2cc(OCc3ccncc3)ccc2OC(C)CO)[nH]n1. The van der Waals surface area contributed by atoms with Crippen LogP contribution < -0.4 is 14.2 Å². The molecule has 136 valence electrons. The number of nitrogens with zero attached hydrogens (tertiary/aromatic N) is 2. The molecule has 0 fully saturated rings. The van der Waals surface area contributed by atoms with E-state index >= 15 is 0 Å². The molecule has 7 nitrogen and oxygen atoms in total. The van der Waals surface area contributed by atoms with Crippen molar-refractivity contribution in [1.82, 2.24) is 15.2 Å². The number of H-pyrrole nitrogens is 1. The van der Waals surface area contributed by atoms with Crippen LogP contribution in [0.4, 0.5) is 0 Å². The number of methoxy groups -OCH3 is 1. The van der Waals surface area contributed by atoms with Gasteiger partial charge >= 0.3 is 0 Å². The maximum absolute atomic E-state index is 9.27. The Morgan fingerprint density at radius 3 is 2.65 bits per heavy atom. The van der Waals surface area contributed by atoms with Gasteiger partial charge in [-0.1, -0.05) is 0 Å². The van der Waals surface area contributed by atoms with Crippen LogP contribution in [0.2, 0.25) is 0 Å². The summed E-state index contributed by atoms with van der Waals surface area (Å²) in [5, 5.41) is 16.3. The smallest absolute Gasteiger partial charge is 0.232 e. The third-order valence-electron chi connectivity index (χ3n) is 3.74. The van der Waals surface area contributed by atoms with Crippen molar-refractivity contribution in [3.63, 3.8) is 0 Å². The predicted molar refractivity (Wildman–Crippen MR) is 96.3 cm³/mol. The first kappa shape index (κ1) is 17.8. The normalized spacial score (nSPS) is 11.8. The molecule has 1 aromatic carbocycles. The first-order valence-electron chi connectivity index (χ1n) is 8.22. The number of pyridine rings is 1. The topological polar surface area (TPSA) is 89.5 Å². The zero-order valence-corrected chi connectivity index (χ0v) is 14.7. The quantitative estimate of drug-likeness (QED) is 0.646. The Kier molecular flexibility index (Phi) is 5.70. The number of nitrogens with one attached hydrogen (secondary N) is 1. The summed E-state index contributed by atoms with van der Waals surface area (Å²) in [6, 6.07) is 11.1. The van der Waals surface area contributed by atoms with Crippen molar-refractivity contribution in [2.24, 2.45) is 0 Å². The lowest BCUT2D eigenvalue weighted by molar-refractivity contribution is 0.130. The second-order valence-electron chi connectivity index (χ2n) is 5.74. The van der Waals surface area contributed by atoms with E-state index in [2.05, 4.69) is 15.2 Å². The highest BCUT2D eigenvalue weighted by Gasteiger charge is 2.14. The van der Waals surface area contributed by atoms with Gasteiger partial charge in [0.15, 0.2) is 0 Å². The second-order valence-corrected chi connectivity index (χ2v) is 5.74. The van der Waals surface area contributed by atoms with Crippen LogP contribution >= 0.6 is 0 Å². The van der Waals surface area contributed by atoms with Crippen molar-refractivity contribution in [1.29, 1.82) is 0 Å². The summed E-state index contributed by atoms with van der Waals surface area (Å²) in [5.74, 6) is 1.78. The molecular formula is C19H21N3O4. The molecule has 1 atom stereocenters. The molecule has 2 heterocycles. The van der Waals surface area contributed by atoms with Crippen molar-refractivity contribution in [3.05, 3.63) is 54.4 Å². The molecule has 2 N–H and O–H groups in total. The lowest BCUT2D eigenvalue weighted by Gasteiger charge is -2.16. The Bertz CT molecular complexity index is 836. The zero-order chi connectivity index (χ0) is 18.4. The van der Waals surface area contributed by atoms with Gasteiger partial charge in [-0.15, -0.1) is 5.10 Å². The monoisotopic (exact) mass is 355 g/mol. The van der Waals surface area contributed by atoms with E-state index in [1.54, 1.807) is 32.5 Å². The van der Waals surface area contributed by atoms with Gasteiger partial charge in [0.05, 0.1) is 19.4 Å². The van der Waals surface area contributed by atoms with E-state index in [1.165, 1.54) is 0 Å². The summed E-state index contributed by atoms with van der Waals surface area (Å²) in [6.45, 7) is 2.15. The van der Waals surface area contributed by atoms with Crippen molar-refractivity contribution >= 4 is 0 Å². The van der Waals surface area contributed by atoms with Crippen LogP contribution in [-0.4, -0.2) is 40.1 Å². The number of benzene rings is 1. The van der Waals surface area contributed by atoms with Gasteiger partial charge in [-0.3, -0.25) is 10.1 Å². The number of aliphatic hydroxyl groups excluding tert-OH is 1. The third-order valence-corrected chi connectivity index (χ3v) is 3.74. The van der Waals surface area contributed by atoms with E-state index in [4.69, 9.17) is 14.2 Å². The molecule has 0 spiro atoms. The lowest BCUT2D eigenvalue weighted by atomic mass is 10.1. The Balaban J connectivity index is 1.86. The molecule has 0 amide bonds. The highest BCUT2D eigenvalue weighted by atomic mass is 16.5. The van der Waals surface area contributed by atoms with Crippen LogP contribution in [0.25, 0.3) is 11.3 Å². The average molecular weight is 355 g/mol. The van der Waals surface area contributed by atoms with E-state index in [-0.39, 0.29) is 12.7 Å². The molecule has 0 aliphatic rings. The van der Waals surface area contributed by atoms with Crippen LogP contribution in [0.15, 0.2) is 48.8 Å². The van der Waals surface area contributed by atoms with Crippen LogP contribution in [0.3, 0.4) is 0 Å². The fraction of sp³-hybridized carbons (Fsp3) is 0.263. The van der Waals surface area contributed by atoms with E-state index in [0.29, 0.717) is 24.0 Å². The molecule has 0 bridgehead atoms. The second kappa shape index (κ2) is 8.35. The Morgan fingerprint density at radius 1 is 1.15 bits per heavy atom. The van der Waals surface area contributed by atoms with E-state index in [1.807, 2.05) is 30.3 Å². The van der Waals surface area contributed by atoms with Crippen LogP contribution in [0.1, 0.15) is 12.5 Å². The van der Waals surface area contributed by atoms with Crippen LogP contribution in [-0.2, 0) is 6.61 Å². The molecular weight excluding hydrogens is 334 g/mol. The van der Waals surface area contributed by atoms with Gasteiger partial charge in [0.2, 0.25) is 5.88 Å². The molecule has 26 heavy (non-hydrogen) atoms. The van der Waals surface area contributed by atoms with Gasteiger partial charge in [0.1, 0.15) is 24.2 Å². The minimum atomic E-state index is -0.331. The number of hydrogen-bond donors (Lipinski definition) is 2. The molecule has 3 rings (SSSR count). The maximum atomic E-state index is 9.27. The largest absolute Gasteiger partial charge is 0.489 e. The highest BCUT2D eigenvalue weighted by Crippen LogP contribution is 2.34. The number of hydrogen-bond acceptors (Lipinski definition) is 6. The molecule has 0 aliphatic heterocycles. The van der Waals surface area contributed by atoms with Crippen molar-refractivity contribution in [2.45, 2.75) is 19.6 Å². The van der Waals surface area contributed by atoms with Gasteiger partial charge in [0, 0.05) is 24.0 Å². The van der Waals surface area contributed by atoms with Gasteiger partial charge in [-0.25, -0.2) is 0 Å². The van der Waals surface area contributed by atoms with Crippen LogP contribution in [0.5, 0.6) is 17.4 Å². The first-order valence-corrected chi connectivity index (χ1v) is 8.22. The Hall–Kier alpha value is -3.06. The van der Waals surface area contributed by atoms with Crippen LogP contribution in [0, 0.1) is 0 Å². The summed E-state index contributed by atoms with van der Waals surface area (Å²) in [5.41, 5.74) is 2.53. The molecule has 0 saturated heterocycles. The molecule has 0 saturated carbocycles. The van der Waals surface area contributed by atoms with Gasteiger partial charge in [-0.05, 0) is 42.8 Å². The Labute approximate surface area is 151 Å². The van der Waals surface area contributed by atoms with E-state index in [0.717, 1.165) is 16.8 Å². The molecule has 3 aromatic rings. The fourth-order valence-electron chi connectivity index (χ4n) is 2.36. The number of ether oxygens (including phenoxy) is 3. The number of aromatic amines is 1. The minimum Gasteiger partial charge on any atom is -0.489 e. The van der Waals surface area contributed by atoms with E-state index in [9.17, 15) is 5.11 Å². The number of aromatic nitrogens is 3. The van der Waals surface area contributed by atoms with Crippen molar-refractivity contribution < 1.29 is 19.3 Å². The molecule has 0 radical (unpaired) electrons. The highest BCUT2D eigenvalue weighted by molar-refractivity contribution is 5.69. The summed E-state index contributed by atoms with van der Waals surface area (Å²) in [4.78, 5) is 4.00. The number of rotatable bonds is 8. The summed E-state index contributed by atoms with van der Waals surface area (Å²) in [7, 11) is 1.56. The third kappa shape index (κ3) is 4.31. The average Bonchev–Trinajstić information content (AvgIpc) is 3.17. The minimum absolute atomic E-state index is 0.0773. The Morgan fingerprint density at radius 2 is 1.96 bits per heavy atom. The molecule has 7 heteroatoms. The standard InChI is InChI=1S/C19H21N3O4/c1-13(11-23)26-18-4-3-15(25-12-14-5-7-20-8-6-14)9-16(18)17-10-19(24-2)22-21-17/h3-10,13,23H,11-12H2,1-2H3,(H,21,22). The first-order chi connectivity index (χ1) is 12.7. The molecule has 0 aliphatic carbocycles. The lowest BCUT2D eigenvalue weighted by Crippen LogP contribution is -2.16. The summed E-state index contributed by atoms with van der Waals surface area (Å²) < 4.78 is 16.8. The summed E-state index contributed by atoms with van der Waals surface area (Å²) in [6.07, 6.45) is 3.13. The number of aliphatic hydroxyl groups is 1.